The second kappa shape index (κ2) is 8.95. The fourth-order valence-corrected chi connectivity index (χ4v) is 3.69. The molecule has 0 unspecified atom stereocenters. The van der Waals surface area contributed by atoms with Crippen molar-refractivity contribution < 1.29 is 9.26 Å². The topological polar surface area (TPSA) is 54.6 Å². The summed E-state index contributed by atoms with van der Waals surface area (Å²) in [6.45, 7) is 8.63. The molecule has 146 valence electrons. The Balaban J connectivity index is 1.32. The predicted octanol–water partition coefficient (Wildman–Crippen LogP) is 3.06. The minimum absolute atomic E-state index is 0.214. The minimum Gasteiger partial charge on any atom is -0.376 e. The van der Waals surface area contributed by atoms with Gasteiger partial charge in [-0.1, -0.05) is 42.4 Å². The van der Waals surface area contributed by atoms with E-state index in [2.05, 4.69) is 57.2 Å². The molecule has 1 aliphatic carbocycles. The Morgan fingerprint density at radius 1 is 1.22 bits per heavy atom. The summed E-state index contributed by atoms with van der Waals surface area (Å²) < 4.78 is 11.5. The Hall–Kier alpha value is -1.76. The third-order valence-electron chi connectivity index (χ3n) is 5.37. The van der Waals surface area contributed by atoms with E-state index < -0.39 is 0 Å². The van der Waals surface area contributed by atoms with Gasteiger partial charge in [0, 0.05) is 38.7 Å². The van der Waals surface area contributed by atoms with Crippen LogP contribution in [0, 0.1) is 0 Å². The lowest BCUT2D eigenvalue weighted by atomic mass is 10.2. The third-order valence-corrected chi connectivity index (χ3v) is 5.37. The number of likely N-dealkylation sites (N-methyl/N-ethyl adjacent to an activating group) is 1. The van der Waals surface area contributed by atoms with Gasteiger partial charge in [0.05, 0.1) is 12.6 Å². The fourth-order valence-electron chi connectivity index (χ4n) is 3.69. The number of ether oxygens (including phenoxy) is 1. The highest BCUT2D eigenvalue weighted by Gasteiger charge is 2.30. The molecule has 0 bridgehead atoms. The van der Waals surface area contributed by atoms with Crippen LogP contribution in [-0.2, 0) is 17.8 Å². The Morgan fingerprint density at radius 3 is 2.85 bits per heavy atom. The largest absolute Gasteiger partial charge is 0.376 e. The molecular weight excluding hydrogens is 340 g/mol. The van der Waals surface area contributed by atoms with E-state index in [-0.39, 0.29) is 6.10 Å². The van der Waals surface area contributed by atoms with Crippen molar-refractivity contribution in [1.29, 1.82) is 0 Å². The first-order chi connectivity index (χ1) is 13.3. The first kappa shape index (κ1) is 18.6. The number of hydrogen-bond donors (Lipinski definition) is 0. The zero-order chi connectivity index (χ0) is 18.5. The molecule has 1 aliphatic heterocycles. The molecule has 27 heavy (non-hydrogen) atoms. The summed E-state index contributed by atoms with van der Waals surface area (Å²) in [5, 5.41) is 4.17. The lowest BCUT2D eigenvalue weighted by Gasteiger charge is -2.28. The van der Waals surface area contributed by atoms with Gasteiger partial charge >= 0.3 is 0 Å². The van der Waals surface area contributed by atoms with E-state index in [1.807, 2.05) is 0 Å². The van der Waals surface area contributed by atoms with Gasteiger partial charge in [0.1, 0.15) is 0 Å². The Labute approximate surface area is 161 Å². The SMILES string of the molecule is CCN(Cc1noc(C2CC2)n1)C[C@@H]1CN(Cc2ccccc2)CCCO1. The smallest absolute Gasteiger partial charge is 0.229 e. The maximum Gasteiger partial charge on any atom is 0.229 e. The molecular formula is C21H30N4O2. The Kier molecular flexibility index (Phi) is 6.17. The van der Waals surface area contributed by atoms with Crippen LogP contribution in [0.25, 0.3) is 0 Å². The van der Waals surface area contributed by atoms with Gasteiger partial charge in [-0.05, 0) is 31.4 Å². The van der Waals surface area contributed by atoms with Crippen molar-refractivity contribution in [3.8, 4) is 0 Å². The van der Waals surface area contributed by atoms with Crippen molar-refractivity contribution in [3.05, 3.63) is 47.6 Å². The van der Waals surface area contributed by atoms with E-state index in [0.717, 1.165) is 64.0 Å². The zero-order valence-electron chi connectivity index (χ0n) is 16.2. The molecule has 0 amide bonds. The molecule has 0 N–H and O–H groups in total. The van der Waals surface area contributed by atoms with E-state index in [4.69, 9.17) is 9.26 Å². The summed E-state index contributed by atoms with van der Waals surface area (Å²) in [5.41, 5.74) is 1.37. The van der Waals surface area contributed by atoms with E-state index in [1.54, 1.807) is 0 Å². The van der Waals surface area contributed by atoms with Crippen molar-refractivity contribution >= 4 is 0 Å². The fraction of sp³-hybridized carbons (Fsp3) is 0.619. The summed E-state index contributed by atoms with van der Waals surface area (Å²) in [5.74, 6) is 2.13. The van der Waals surface area contributed by atoms with Gasteiger partial charge in [-0.3, -0.25) is 9.80 Å². The van der Waals surface area contributed by atoms with Crippen molar-refractivity contribution in [2.45, 2.75) is 51.3 Å². The van der Waals surface area contributed by atoms with Crippen molar-refractivity contribution in [2.75, 3.05) is 32.8 Å². The summed E-state index contributed by atoms with van der Waals surface area (Å²) in [4.78, 5) is 9.45. The average Bonchev–Trinajstić information content (AvgIpc) is 3.47. The van der Waals surface area contributed by atoms with Gasteiger partial charge in [-0.2, -0.15) is 4.98 Å². The van der Waals surface area contributed by atoms with Gasteiger partial charge in [-0.25, -0.2) is 0 Å². The summed E-state index contributed by atoms with van der Waals surface area (Å²) in [6, 6.07) is 10.7. The Morgan fingerprint density at radius 2 is 2.07 bits per heavy atom. The highest BCUT2D eigenvalue weighted by atomic mass is 16.5. The van der Waals surface area contributed by atoms with E-state index in [0.29, 0.717) is 5.92 Å². The van der Waals surface area contributed by atoms with Gasteiger partial charge in [0.2, 0.25) is 5.89 Å². The van der Waals surface area contributed by atoms with Gasteiger partial charge < -0.3 is 9.26 Å². The molecule has 4 rings (SSSR count). The number of hydrogen-bond acceptors (Lipinski definition) is 6. The predicted molar refractivity (Wildman–Crippen MR) is 103 cm³/mol. The first-order valence-electron chi connectivity index (χ1n) is 10.2. The van der Waals surface area contributed by atoms with Crippen LogP contribution < -0.4 is 0 Å². The van der Waals surface area contributed by atoms with Crippen LogP contribution >= 0.6 is 0 Å². The molecule has 2 aromatic rings. The van der Waals surface area contributed by atoms with E-state index in [9.17, 15) is 0 Å². The van der Waals surface area contributed by atoms with Crippen molar-refractivity contribution in [1.82, 2.24) is 19.9 Å². The monoisotopic (exact) mass is 370 g/mol. The van der Waals surface area contributed by atoms with Crippen LogP contribution in [0.1, 0.15) is 49.4 Å². The molecule has 0 radical (unpaired) electrons. The molecule has 1 saturated carbocycles. The minimum atomic E-state index is 0.214. The third kappa shape index (κ3) is 5.37. The molecule has 2 aliphatic rings. The van der Waals surface area contributed by atoms with Crippen LogP contribution in [0.3, 0.4) is 0 Å². The first-order valence-corrected chi connectivity index (χ1v) is 10.2. The van der Waals surface area contributed by atoms with Crippen LogP contribution in [0.2, 0.25) is 0 Å². The number of nitrogens with zero attached hydrogens (tertiary/aromatic N) is 4. The maximum atomic E-state index is 6.15. The van der Waals surface area contributed by atoms with Crippen molar-refractivity contribution in [3.63, 3.8) is 0 Å². The standard InChI is InChI=1S/C21H30N4O2/c1-2-24(16-20-22-21(27-23-20)18-9-10-18)14-19-15-25(11-6-12-26-19)13-17-7-4-3-5-8-17/h3-5,7-8,18-19H,2,6,9-16H2,1H3/t19-/m1/s1. The van der Waals surface area contributed by atoms with Crippen LogP contribution in [0.15, 0.2) is 34.9 Å². The van der Waals surface area contributed by atoms with Crippen LogP contribution in [-0.4, -0.2) is 58.8 Å². The molecule has 1 atom stereocenters. The quantitative estimate of drug-likeness (QED) is 0.712. The average molecular weight is 370 g/mol. The molecule has 1 aromatic carbocycles. The maximum absolute atomic E-state index is 6.15. The van der Waals surface area contributed by atoms with Gasteiger partial charge in [0.15, 0.2) is 5.82 Å². The normalized spacial score (nSPS) is 21.5. The van der Waals surface area contributed by atoms with Crippen LogP contribution in [0.5, 0.6) is 0 Å². The molecule has 6 nitrogen and oxygen atoms in total. The van der Waals surface area contributed by atoms with Crippen LogP contribution in [0.4, 0.5) is 0 Å². The highest BCUT2D eigenvalue weighted by Crippen LogP contribution is 2.38. The van der Waals surface area contributed by atoms with Gasteiger partial charge in [-0.15, -0.1) is 0 Å². The summed E-state index contributed by atoms with van der Waals surface area (Å²) in [6.07, 6.45) is 3.68. The Bertz CT molecular complexity index is 701. The van der Waals surface area contributed by atoms with E-state index >= 15 is 0 Å². The number of benzene rings is 1. The lowest BCUT2D eigenvalue weighted by Crippen LogP contribution is -2.40. The van der Waals surface area contributed by atoms with Gasteiger partial charge in [0.25, 0.3) is 0 Å². The second-order valence-corrected chi connectivity index (χ2v) is 7.72. The lowest BCUT2D eigenvalue weighted by molar-refractivity contribution is 0.0244. The van der Waals surface area contributed by atoms with Crippen molar-refractivity contribution in [2.24, 2.45) is 0 Å². The summed E-state index contributed by atoms with van der Waals surface area (Å²) >= 11 is 0. The molecule has 0 spiro atoms. The zero-order valence-corrected chi connectivity index (χ0v) is 16.2. The molecule has 2 fully saturated rings. The molecule has 1 aromatic heterocycles. The summed E-state index contributed by atoms with van der Waals surface area (Å²) in [7, 11) is 0. The number of aromatic nitrogens is 2. The molecule has 6 heteroatoms. The molecule has 2 heterocycles. The number of rotatable bonds is 8. The highest BCUT2D eigenvalue weighted by molar-refractivity contribution is 5.14. The van der Waals surface area contributed by atoms with E-state index in [1.165, 1.54) is 18.4 Å². The molecule has 1 saturated heterocycles. The second-order valence-electron chi connectivity index (χ2n) is 7.72.